The topological polar surface area (TPSA) is 0 Å². The molecule has 2 heteroatoms. The predicted octanol–water partition coefficient (Wildman–Crippen LogP) is 4.30. The van der Waals surface area contributed by atoms with Crippen LogP contribution in [0.4, 0.5) is 0 Å². The van der Waals surface area contributed by atoms with E-state index in [0.29, 0.717) is 5.92 Å². The van der Waals surface area contributed by atoms with Gasteiger partial charge in [-0.2, -0.15) is 0 Å². The van der Waals surface area contributed by atoms with Gasteiger partial charge < -0.3 is 0 Å². The highest BCUT2D eigenvalue weighted by molar-refractivity contribution is 9.09. The average Bonchev–Trinajstić information content (AvgIpc) is 2.18. The third kappa shape index (κ3) is 3.35. The molecule has 0 amide bonds. The van der Waals surface area contributed by atoms with Crippen LogP contribution in [0.25, 0.3) is 0 Å². The fourth-order valence-corrected chi connectivity index (χ4v) is 2.36. The molecule has 0 aliphatic heterocycles. The van der Waals surface area contributed by atoms with Crippen molar-refractivity contribution in [1.29, 1.82) is 0 Å². The van der Waals surface area contributed by atoms with Gasteiger partial charge in [0.15, 0.2) is 0 Å². The summed E-state index contributed by atoms with van der Waals surface area (Å²) >= 11 is 5.26. The molecule has 0 aromatic heterocycles. The Balaban J connectivity index is 2.67. The van der Waals surface area contributed by atoms with Crippen molar-refractivity contribution in [2.45, 2.75) is 24.2 Å². The molecule has 0 bridgehead atoms. The van der Waals surface area contributed by atoms with Gasteiger partial charge in [0.25, 0.3) is 0 Å². The molecule has 0 spiro atoms. The molecule has 0 saturated heterocycles. The maximum Gasteiger partial charge on any atom is 0.00693 e. The van der Waals surface area contributed by atoms with Gasteiger partial charge in [0.1, 0.15) is 0 Å². The Hall–Kier alpha value is 0.0500. The number of hydrogen-bond donors (Lipinski definition) is 0. The number of thioether (sulfide) groups is 1. The molecule has 0 N–H and O–H groups in total. The maximum absolute atomic E-state index is 3.47. The molecule has 0 saturated carbocycles. The molecular weight excluding hydrogens is 244 g/mol. The Morgan fingerprint density at radius 2 is 1.92 bits per heavy atom. The number of hydrogen-bond acceptors (Lipinski definition) is 1. The smallest absolute Gasteiger partial charge is 0.00693 e. The fourth-order valence-electron chi connectivity index (χ4n) is 1.26. The summed E-state index contributed by atoms with van der Waals surface area (Å²) in [7, 11) is 0. The lowest BCUT2D eigenvalue weighted by Gasteiger charge is -2.09. The quantitative estimate of drug-likeness (QED) is 0.574. The molecule has 72 valence electrons. The Labute approximate surface area is 93.2 Å². The van der Waals surface area contributed by atoms with Crippen LogP contribution >= 0.6 is 27.7 Å². The van der Waals surface area contributed by atoms with E-state index in [0.717, 1.165) is 5.33 Å². The van der Waals surface area contributed by atoms with E-state index >= 15 is 0 Å². The lowest BCUT2D eigenvalue weighted by atomic mass is 9.99. The monoisotopic (exact) mass is 258 g/mol. The lowest BCUT2D eigenvalue weighted by Crippen LogP contribution is -1.93. The average molecular weight is 259 g/mol. The number of rotatable bonds is 4. The molecule has 1 atom stereocenters. The van der Waals surface area contributed by atoms with Gasteiger partial charge in [-0.05, 0) is 36.3 Å². The van der Waals surface area contributed by atoms with Gasteiger partial charge >= 0.3 is 0 Å². The van der Waals surface area contributed by atoms with Crippen molar-refractivity contribution in [2.75, 3.05) is 11.6 Å². The highest BCUT2D eigenvalue weighted by atomic mass is 79.9. The molecule has 1 unspecified atom stereocenters. The largest absolute Gasteiger partial charge is 0.130 e. The molecule has 0 aliphatic rings. The molecule has 13 heavy (non-hydrogen) atoms. The van der Waals surface area contributed by atoms with Gasteiger partial charge in [0, 0.05) is 10.2 Å². The number of alkyl halides is 1. The van der Waals surface area contributed by atoms with E-state index in [4.69, 9.17) is 0 Å². The van der Waals surface area contributed by atoms with Crippen LogP contribution in [0.3, 0.4) is 0 Å². The van der Waals surface area contributed by atoms with Gasteiger partial charge in [-0.1, -0.05) is 35.0 Å². The normalized spacial score (nSPS) is 12.8. The van der Waals surface area contributed by atoms with Gasteiger partial charge in [-0.25, -0.2) is 0 Å². The molecular formula is C11H15BrS. The standard InChI is InChI=1S/C11H15BrS/c1-9(7-8-12)10-3-5-11(13-2)6-4-10/h3-6,9H,7-8H2,1-2H3. The Morgan fingerprint density at radius 1 is 1.31 bits per heavy atom. The summed E-state index contributed by atoms with van der Waals surface area (Å²) in [5.41, 5.74) is 1.44. The minimum atomic E-state index is 0.662. The van der Waals surface area contributed by atoms with Crippen LogP contribution in [0.15, 0.2) is 29.2 Å². The predicted molar refractivity (Wildman–Crippen MR) is 65.0 cm³/mol. The van der Waals surface area contributed by atoms with E-state index in [1.165, 1.54) is 16.9 Å². The van der Waals surface area contributed by atoms with Crippen molar-refractivity contribution < 1.29 is 0 Å². The summed E-state index contributed by atoms with van der Waals surface area (Å²) in [5, 5.41) is 1.08. The van der Waals surface area contributed by atoms with Crippen molar-refractivity contribution in [1.82, 2.24) is 0 Å². The molecule has 1 aromatic carbocycles. The zero-order valence-corrected chi connectivity index (χ0v) is 10.5. The van der Waals surface area contributed by atoms with Crippen molar-refractivity contribution in [3.05, 3.63) is 29.8 Å². The van der Waals surface area contributed by atoms with Crippen LogP contribution in [0, 0.1) is 0 Å². The maximum atomic E-state index is 3.47. The second-order valence-corrected chi connectivity index (χ2v) is 4.82. The van der Waals surface area contributed by atoms with Gasteiger partial charge in [0.05, 0.1) is 0 Å². The zero-order chi connectivity index (χ0) is 9.68. The lowest BCUT2D eigenvalue weighted by molar-refractivity contribution is 0.743. The zero-order valence-electron chi connectivity index (χ0n) is 8.09. The first kappa shape index (κ1) is 11.1. The van der Waals surface area contributed by atoms with Gasteiger partial charge in [-0.15, -0.1) is 11.8 Å². The molecule has 0 radical (unpaired) electrons. The first-order valence-corrected chi connectivity index (χ1v) is 6.82. The SMILES string of the molecule is CSc1ccc(C(C)CCBr)cc1. The van der Waals surface area contributed by atoms with Crippen molar-refractivity contribution in [2.24, 2.45) is 0 Å². The summed E-state index contributed by atoms with van der Waals surface area (Å²) in [6.45, 7) is 2.27. The first-order valence-electron chi connectivity index (χ1n) is 4.48. The first-order chi connectivity index (χ1) is 6.27. The Kier molecular flexibility index (Phi) is 4.89. The van der Waals surface area contributed by atoms with E-state index in [1.54, 1.807) is 11.8 Å². The van der Waals surface area contributed by atoms with Gasteiger partial charge in [-0.3, -0.25) is 0 Å². The second-order valence-electron chi connectivity index (χ2n) is 3.15. The minimum absolute atomic E-state index is 0.662. The van der Waals surface area contributed by atoms with Crippen molar-refractivity contribution in [3.63, 3.8) is 0 Å². The highest BCUT2D eigenvalue weighted by Gasteiger charge is 2.03. The molecule has 0 heterocycles. The van der Waals surface area contributed by atoms with Crippen LogP contribution in [-0.2, 0) is 0 Å². The van der Waals surface area contributed by atoms with Crippen LogP contribution in [-0.4, -0.2) is 11.6 Å². The third-order valence-corrected chi connectivity index (χ3v) is 3.43. The minimum Gasteiger partial charge on any atom is -0.130 e. The van der Waals surface area contributed by atoms with Crippen molar-refractivity contribution in [3.8, 4) is 0 Å². The summed E-state index contributed by atoms with van der Waals surface area (Å²) in [5.74, 6) is 0.662. The highest BCUT2D eigenvalue weighted by Crippen LogP contribution is 2.22. The summed E-state index contributed by atoms with van der Waals surface area (Å²) in [4.78, 5) is 1.34. The van der Waals surface area contributed by atoms with E-state index in [2.05, 4.69) is 53.4 Å². The van der Waals surface area contributed by atoms with E-state index in [-0.39, 0.29) is 0 Å². The number of halogens is 1. The molecule has 0 aliphatic carbocycles. The Morgan fingerprint density at radius 3 is 2.38 bits per heavy atom. The third-order valence-electron chi connectivity index (χ3n) is 2.23. The second kappa shape index (κ2) is 5.71. The molecule has 1 aromatic rings. The number of benzene rings is 1. The van der Waals surface area contributed by atoms with E-state index in [9.17, 15) is 0 Å². The van der Waals surface area contributed by atoms with Crippen LogP contribution in [0.2, 0.25) is 0 Å². The van der Waals surface area contributed by atoms with Gasteiger partial charge in [0.2, 0.25) is 0 Å². The Bertz CT molecular complexity index is 243. The molecule has 0 nitrogen and oxygen atoms in total. The van der Waals surface area contributed by atoms with Crippen LogP contribution < -0.4 is 0 Å². The summed E-state index contributed by atoms with van der Waals surface area (Å²) in [6.07, 6.45) is 3.32. The van der Waals surface area contributed by atoms with Crippen LogP contribution in [0.5, 0.6) is 0 Å². The van der Waals surface area contributed by atoms with Crippen molar-refractivity contribution >= 4 is 27.7 Å². The molecule has 0 fully saturated rings. The van der Waals surface area contributed by atoms with E-state index in [1.807, 2.05) is 0 Å². The van der Waals surface area contributed by atoms with Crippen LogP contribution in [0.1, 0.15) is 24.8 Å². The van der Waals surface area contributed by atoms with E-state index < -0.39 is 0 Å². The summed E-state index contributed by atoms with van der Waals surface area (Å²) < 4.78 is 0. The summed E-state index contributed by atoms with van der Waals surface area (Å²) in [6, 6.07) is 8.87. The molecule has 1 rings (SSSR count). The fraction of sp³-hybridized carbons (Fsp3) is 0.455.